The van der Waals surface area contributed by atoms with Gasteiger partial charge in [0.15, 0.2) is 0 Å². The van der Waals surface area contributed by atoms with Crippen LogP contribution in [0.25, 0.3) is 0 Å². The molecule has 21 heavy (non-hydrogen) atoms. The molecule has 0 aliphatic carbocycles. The van der Waals surface area contributed by atoms with Crippen LogP contribution in [0.5, 0.6) is 0 Å². The molecule has 1 aromatic rings. The number of amides is 1. The van der Waals surface area contributed by atoms with Gasteiger partial charge in [-0.15, -0.1) is 0 Å². The van der Waals surface area contributed by atoms with Gasteiger partial charge in [-0.25, -0.2) is 0 Å². The van der Waals surface area contributed by atoms with Gasteiger partial charge in [-0.1, -0.05) is 29.8 Å². The van der Waals surface area contributed by atoms with E-state index in [2.05, 4.69) is 41.0 Å². The lowest BCUT2D eigenvalue weighted by Gasteiger charge is -2.36. The van der Waals surface area contributed by atoms with Crippen LogP contribution in [-0.2, 0) is 11.2 Å². The number of rotatable bonds is 3. The fraction of sp³-hybridized carbons (Fsp3) is 0.611. The standard InChI is InChI=1S/C18H26N2O/c1-15-4-6-16(7-5-15)14-18(21)20-12-8-17(9-13-20)19-10-2-3-11-19/h4-7,17H,2-3,8-14H2,1H3. The van der Waals surface area contributed by atoms with Crippen LogP contribution in [0.15, 0.2) is 24.3 Å². The maximum Gasteiger partial charge on any atom is 0.226 e. The molecule has 114 valence electrons. The number of aryl methyl sites for hydroxylation is 1. The zero-order valence-electron chi connectivity index (χ0n) is 13.1. The normalized spacial score (nSPS) is 20.9. The highest BCUT2D eigenvalue weighted by molar-refractivity contribution is 5.78. The fourth-order valence-electron chi connectivity index (χ4n) is 3.58. The van der Waals surface area contributed by atoms with E-state index < -0.39 is 0 Å². The molecule has 0 atom stereocenters. The van der Waals surface area contributed by atoms with Gasteiger partial charge in [0.25, 0.3) is 0 Å². The summed E-state index contributed by atoms with van der Waals surface area (Å²) in [6, 6.07) is 9.04. The first kappa shape index (κ1) is 14.6. The van der Waals surface area contributed by atoms with Gasteiger partial charge in [0.05, 0.1) is 6.42 Å². The first-order chi connectivity index (χ1) is 10.2. The molecule has 0 unspecified atom stereocenters. The van der Waals surface area contributed by atoms with E-state index in [1.807, 2.05) is 0 Å². The molecule has 2 heterocycles. The zero-order chi connectivity index (χ0) is 14.7. The van der Waals surface area contributed by atoms with Crippen molar-refractivity contribution in [1.82, 2.24) is 9.80 Å². The minimum absolute atomic E-state index is 0.290. The Bertz CT molecular complexity index is 468. The molecule has 2 aliphatic rings. The predicted molar refractivity (Wildman–Crippen MR) is 85.3 cm³/mol. The predicted octanol–water partition coefficient (Wildman–Crippen LogP) is 2.62. The number of benzene rings is 1. The molecule has 3 rings (SSSR count). The Hall–Kier alpha value is -1.35. The van der Waals surface area contributed by atoms with Gasteiger partial charge in [0.2, 0.25) is 5.91 Å². The van der Waals surface area contributed by atoms with E-state index in [0.29, 0.717) is 12.3 Å². The minimum Gasteiger partial charge on any atom is -0.342 e. The second-order valence-electron chi connectivity index (χ2n) is 6.52. The Balaban J connectivity index is 1.49. The summed E-state index contributed by atoms with van der Waals surface area (Å²) in [5, 5.41) is 0. The second kappa shape index (κ2) is 6.61. The van der Waals surface area contributed by atoms with Gasteiger partial charge in [-0.3, -0.25) is 4.79 Å². The Labute approximate surface area is 127 Å². The molecule has 2 aliphatic heterocycles. The van der Waals surface area contributed by atoms with Crippen molar-refractivity contribution in [3.05, 3.63) is 35.4 Å². The van der Waals surface area contributed by atoms with E-state index in [9.17, 15) is 4.79 Å². The molecule has 2 fully saturated rings. The van der Waals surface area contributed by atoms with Crippen LogP contribution in [0.3, 0.4) is 0 Å². The molecule has 2 saturated heterocycles. The maximum absolute atomic E-state index is 12.4. The molecule has 1 amide bonds. The van der Waals surface area contributed by atoms with Crippen molar-refractivity contribution in [2.45, 2.75) is 45.1 Å². The number of carbonyl (C=O) groups is 1. The SMILES string of the molecule is Cc1ccc(CC(=O)N2CCC(N3CCCC3)CC2)cc1. The van der Waals surface area contributed by atoms with Gasteiger partial charge >= 0.3 is 0 Å². The van der Waals surface area contributed by atoms with Gasteiger partial charge < -0.3 is 9.80 Å². The maximum atomic E-state index is 12.4. The van der Waals surface area contributed by atoms with Crippen LogP contribution in [-0.4, -0.2) is 47.9 Å². The molecule has 3 heteroatoms. The number of likely N-dealkylation sites (tertiary alicyclic amines) is 2. The average Bonchev–Trinajstić information content (AvgIpc) is 3.04. The van der Waals surface area contributed by atoms with Crippen LogP contribution >= 0.6 is 0 Å². The highest BCUT2D eigenvalue weighted by Crippen LogP contribution is 2.21. The summed E-state index contributed by atoms with van der Waals surface area (Å²) < 4.78 is 0. The van der Waals surface area contributed by atoms with Crippen molar-refractivity contribution in [3.8, 4) is 0 Å². The lowest BCUT2D eigenvalue weighted by molar-refractivity contribution is -0.132. The molecule has 0 saturated carbocycles. The van der Waals surface area contributed by atoms with Crippen molar-refractivity contribution >= 4 is 5.91 Å². The van der Waals surface area contributed by atoms with Crippen LogP contribution in [0.1, 0.15) is 36.8 Å². The third-order valence-corrected chi connectivity index (χ3v) is 4.95. The number of hydrogen-bond acceptors (Lipinski definition) is 2. The molecular formula is C18H26N2O. The summed E-state index contributed by atoms with van der Waals surface area (Å²) in [5.74, 6) is 0.290. The molecular weight excluding hydrogens is 260 g/mol. The van der Waals surface area contributed by atoms with Crippen molar-refractivity contribution in [1.29, 1.82) is 0 Å². The Morgan fingerprint density at radius 2 is 1.67 bits per heavy atom. The minimum atomic E-state index is 0.290. The quantitative estimate of drug-likeness (QED) is 0.853. The molecule has 0 spiro atoms. The third-order valence-electron chi connectivity index (χ3n) is 4.95. The van der Waals surface area contributed by atoms with Gasteiger partial charge in [0, 0.05) is 19.1 Å². The topological polar surface area (TPSA) is 23.6 Å². The highest BCUT2D eigenvalue weighted by Gasteiger charge is 2.28. The molecule has 0 aromatic heterocycles. The van der Waals surface area contributed by atoms with Crippen molar-refractivity contribution in [2.75, 3.05) is 26.2 Å². The highest BCUT2D eigenvalue weighted by atomic mass is 16.2. The summed E-state index contributed by atoms with van der Waals surface area (Å²) >= 11 is 0. The van der Waals surface area contributed by atoms with E-state index in [-0.39, 0.29) is 0 Å². The first-order valence-electron chi connectivity index (χ1n) is 8.30. The number of hydrogen-bond donors (Lipinski definition) is 0. The zero-order valence-corrected chi connectivity index (χ0v) is 13.1. The fourth-order valence-corrected chi connectivity index (χ4v) is 3.58. The summed E-state index contributed by atoms with van der Waals surface area (Å²) in [6.07, 6.45) is 5.56. The second-order valence-corrected chi connectivity index (χ2v) is 6.52. The van der Waals surface area contributed by atoms with Crippen molar-refractivity contribution in [3.63, 3.8) is 0 Å². The van der Waals surface area contributed by atoms with E-state index in [1.165, 1.54) is 31.5 Å². The first-order valence-corrected chi connectivity index (χ1v) is 8.30. The van der Waals surface area contributed by atoms with E-state index in [4.69, 9.17) is 0 Å². The van der Waals surface area contributed by atoms with E-state index >= 15 is 0 Å². The van der Waals surface area contributed by atoms with Crippen LogP contribution < -0.4 is 0 Å². The van der Waals surface area contributed by atoms with Gasteiger partial charge in [-0.2, -0.15) is 0 Å². The molecule has 1 aromatic carbocycles. The number of nitrogens with zero attached hydrogens (tertiary/aromatic N) is 2. The Morgan fingerprint density at radius 1 is 1.05 bits per heavy atom. The Morgan fingerprint density at radius 3 is 2.29 bits per heavy atom. The molecule has 0 N–H and O–H groups in total. The van der Waals surface area contributed by atoms with Crippen LogP contribution in [0, 0.1) is 6.92 Å². The average molecular weight is 286 g/mol. The number of piperidine rings is 1. The third kappa shape index (κ3) is 3.65. The molecule has 0 bridgehead atoms. The summed E-state index contributed by atoms with van der Waals surface area (Å²) in [7, 11) is 0. The summed E-state index contributed by atoms with van der Waals surface area (Å²) in [4.78, 5) is 17.1. The van der Waals surface area contributed by atoms with Crippen molar-refractivity contribution < 1.29 is 4.79 Å². The van der Waals surface area contributed by atoms with Gasteiger partial charge in [0.1, 0.15) is 0 Å². The summed E-state index contributed by atoms with van der Waals surface area (Å²) in [5.41, 5.74) is 2.38. The van der Waals surface area contributed by atoms with Gasteiger partial charge in [-0.05, 0) is 51.3 Å². The summed E-state index contributed by atoms with van der Waals surface area (Å²) in [6.45, 7) is 6.48. The largest absolute Gasteiger partial charge is 0.342 e. The van der Waals surface area contributed by atoms with Crippen LogP contribution in [0.2, 0.25) is 0 Å². The lowest BCUT2D eigenvalue weighted by atomic mass is 10.0. The van der Waals surface area contributed by atoms with Crippen LogP contribution in [0.4, 0.5) is 0 Å². The number of carbonyl (C=O) groups excluding carboxylic acids is 1. The lowest BCUT2D eigenvalue weighted by Crippen LogP contribution is -2.46. The molecule has 0 radical (unpaired) electrons. The Kier molecular flexibility index (Phi) is 4.59. The molecule has 3 nitrogen and oxygen atoms in total. The van der Waals surface area contributed by atoms with E-state index in [0.717, 1.165) is 37.5 Å². The van der Waals surface area contributed by atoms with E-state index in [1.54, 1.807) is 0 Å². The van der Waals surface area contributed by atoms with Crippen molar-refractivity contribution in [2.24, 2.45) is 0 Å². The monoisotopic (exact) mass is 286 g/mol. The smallest absolute Gasteiger partial charge is 0.226 e.